The summed E-state index contributed by atoms with van der Waals surface area (Å²) in [7, 11) is 1.87. The first kappa shape index (κ1) is 11.8. The Hall–Kier alpha value is -1.32. The predicted octanol–water partition coefficient (Wildman–Crippen LogP) is 1.33. The summed E-state index contributed by atoms with van der Waals surface area (Å²) in [5.41, 5.74) is 1.85. The highest BCUT2D eigenvalue weighted by atomic mass is 16.5. The SMILES string of the molecule is C=C(CNC)COc1cccc(CO)c1. The Labute approximate surface area is 90.4 Å². The number of hydrogen-bond donors (Lipinski definition) is 2. The molecule has 0 radical (unpaired) electrons. The van der Waals surface area contributed by atoms with E-state index in [2.05, 4.69) is 11.9 Å². The molecule has 0 unspecified atom stereocenters. The fourth-order valence-electron chi connectivity index (χ4n) is 1.22. The highest BCUT2D eigenvalue weighted by Crippen LogP contribution is 2.13. The number of nitrogens with one attached hydrogen (secondary N) is 1. The van der Waals surface area contributed by atoms with Gasteiger partial charge in [0.2, 0.25) is 0 Å². The molecule has 15 heavy (non-hydrogen) atoms. The molecule has 82 valence electrons. The van der Waals surface area contributed by atoms with Crippen molar-refractivity contribution in [2.45, 2.75) is 6.61 Å². The van der Waals surface area contributed by atoms with Crippen LogP contribution in [0.1, 0.15) is 5.56 Å². The number of likely N-dealkylation sites (N-methyl/N-ethyl adjacent to an activating group) is 1. The number of aliphatic hydroxyl groups excluding tert-OH is 1. The summed E-state index contributed by atoms with van der Waals surface area (Å²) < 4.78 is 5.51. The third-order valence-corrected chi connectivity index (χ3v) is 1.95. The van der Waals surface area contributed by atoms with Gasteiger partial charge in [0.05, 0.1) is 6.61 Å². The van der Waals surface area contributed by atoms with Crippen molar-refractivity contribution in [3.05, 3.63) is 42.0 Å². The van der Waals surface area contributed by atoms with E-state index in [1.165, 1.54) is 0 Å². The molecule has 0 aliphatic heterocycles. The molecule has 0 saturated carbocycles. The molecule has 0 aliphatic rings. The van der Waals surface area contributed by atoms with Gasteiger partial charge in [0.25, 0.3) is 0 Å². The van der Waals surface area contributed by atoms with Crippen molar-refractivity contribution in [3.63, 3.8) is 0 Å². The van der Waals surface area contributed by atoms with Crippen molar-refractivity contribution in [2.24, 2.45) is 0 Å². The molecule has 1 rings (SSSR count). The molecule has 3 heteroatoms. The van der Waals surface area contributed by atoms with Crippen LogP contribution in [-0.2, 0) is 6.61 Å². The minimum absolute atomic E-state index is 0.0364. The fraction of sp³-hybridized carbons (Fsp3) is 0.333. The first-order valence-corrected chi connectivity index (χ1v) is 4.90. The highest BCUT2D eigenvalue weighted by Gasteiger charge is 1.97. The molecule has 3 nitrogen and oxygen atoms in total. The van der Waals surface area contributed by atoms with Crippen molar-refractivity contribution < 1.29 is 9.84 Å². The van der Waals surface area contributed by atoms with Crippen LogP contribution in [-0.4, -0.2) is 25.3 Å². The molecular weight excluding hydrogens is 190 g/mol. The van der Waals surface area contributed by atoms with Crippen molar-refractivity contribution >= 4 is 0 Å². The van der Waals surface area contributed by atoms with Gasteiger partial charge in [-0.2, -0.15) is 0 Å². The van der Waals surface area contributed by atoms with E-state index in [9.17, 15) is 0 Å². The average molecular weight is 207 g/mol. The van der Waals surface area contributed by atoms with Crippen LogP contribution >= 0.6 is 0 Å². The summed E-state index contributed by atoms with van der Waals surface area (Å²) in [5.74, 6) is 0.763. The summed E-state index contributed by atoms with van der Waals surface area (Å²) in [6, 6.07) is 7.41. The monoisotopic (exact) mass is 207 g/mol. The van der Waals surface area contributed by atoms with Gasteiger partial charge in [-0.3, -0.25) is 0 Å². The summed E-state index contributed by atoms with van der Waals surface area (Å²) in [5, 5.41) is 11.9. The minimum Gasteiger partial charge on any atom is -0.489 e. The van der Waals surface area contributed by atoms with Crippen LogP contribution in [0.2, 0.25) is 0 Å². The van der Waals surface area contributed by atoms with Crippen LogP contribution in [0.15, 0.2) is 36.4 Å². The maximum atomic E-state index is 8.94. The molecule has 0 atom stereocenters. The normalized spacial score (nSPS) is 10.0. The van der Waals surface area contributed by atoms with Gasteiger partial charge in [-0.25, -0.2) is 0 Å². The van der Waals surface area contributed by atoms with Crippen molar-refractivity contribution in [1.29, 1.82) is 0 Å². The molecule has 0 aromatic heterocycles. The Kier molecular flexibility index (Phi) is 4.87. The van der Waals surface area contributed by atoms with Crippen LogP contribution in [0.4, 0.5) is 0 Å². The van der Waals surface area contributed by atoms with Crippen LogP contribution in [0, 0.1) is 0 Å². The molecule has 0 heterocycles. The standard InChI is InChI=1S/C12H17NO2/c1-10(7-13-2)9-15-12-5-3-4-11(6-12)8-14/h3-6,13-14H,1,7-9H2,2H3. The lowest BCUT2D eigenvalue weighted by Crippen LogP contribution is -2.14. The predicted molar refractivity (Wildman–Crippen MR) is 60.9 cm³/mol. The molecule has 0 fully saturated rings. The van der Waals surface area contributed by atoms with Crippen LogP contribution < -0.4 is 10.1 Å². The molecule has 1 aromatic rings. The smallest absolute Gasteiger partial charge is 0.120 e. The molecule has 2 N–H and O–H groups in total. The second-order valence-corrected chi connectivity index (χ2v) is 3.37. The van der Waals surface area contributed by atoms with Gasteiger partial charge < -0.3 is 15.2 Å². The topological polar surface area (TPSA) is 41.5 Å². The van der Waals surface area contributed by atoms with E-state index in [-0.39, 0.29) is 6.61 Å². The minimum atomic E-state index is 0.0364. The third-order valence-electron chi connectivity index (χ3n) is 1.95. The maximum Gasteiger partial charge on any atom is 0.120 e. The highest BCUT2D eigenvalue weighted by molar-refractivity contribution is 5.28. The maximum absolute atomic E-state index is 8.94. The van der Waals surface area contributed by atoms with E-state index < -0.39 is 0 Å². The molecule has 0 spiro atoms. The molecule has 0 saturated heterocycles. The Morgan fingerprint density at radius 1 is 1.53 bits per heavy atom. The average Bonchev–Trinajstić information content (AvgIpc) is 2.27. The lowest BCUT2D eigenvalue weighted by atomic mass is 10.2. The number of ether oxygens (including phenoxy) is 1. The summed E-state index contributed by atoms with van der Waals surface area (Å²) in [6.07, 6.45) is 0. The Morgan fingerprint density at radius 2 is 2.33 bits per heavy atom. The number of rotatable bonds is 6. The lowest BCUT2D eigenvalue weighted by molar-refractivity contribution is 0.280. The Balaban J connectivity index is 2.46. The second-order valence-electron chi connectivity index (χ2n) is 3.37. The summed E-state index contributed by atoms with van der Waals surface area (Å²) in [6.45, 7) is 5.15. The van der Waals surface area contributed by atoms with Crippen LogP contribution in [0.25, 0.3) is 0 Å². The molecular formula is C12H17NO2. The lowest BCUT2D eigenvalue weighted by Gasteiger charge is -2.08. The van der Waals surface area contributed by atoms with E-state index in [4.69, 9.17) is 9.84 Å². The fourth-order valence-corrected chi connectivity index (χ4v) is 1.22. The van der Waals surface area contributed by atoms with E-state index in [1.807, 2.05) is 31.3 Å². The van der Waals surface area contributed by atoms with Gasteiger partial charge in [0.15, 0.2) is 0 Å². The number of aliphatic hydroxyl groups is 1. The van der Waals surface area contributed by atoms with Gasteiger partial charge in [0.1, 0.15) is 12.4 Å². The zero-order valence-electron chi connectivity index (χ0n) is 8.99. The molecule has 1 aromatic carbocycles. The first-order chi connectivity index (χ1) is 7.26. The zero-order valence-corrected chi connectivity index (χ0v) is 8.99. The van der Waals surface area contributed by atoms with Gasteiger partial charge in [-0.05, 0) is 30.3 Å². The van der Waals surface area contributed by atoms with Gasteiger partial charge in [-0.15, -0.1) is 0 Å². The van der Waals surface area contributed by atoms with Crippen molar-refractivity contribution in [2.75, 3.05) is 20.2 Å². The number of hydrogen-bond acceptors (Lipinski definition) is 3. The summed E-state index contributed by atoms with van der Waals surface area (Å²) in [4.78, 5) is 0. The van der Waals surface area contributed by atoms with E-state index in [0.717, 1.165) is 23.4 Å². The van der Waals surface area contributed by atoms with E-state index >= 15 is 0 Å². The van der Waals surface area contributed by atoms with E-state index in [1.54, 1.807) is 0 Å². The molecule has 0 aliphatic carbocycles. The second kappa shape index (κ2) is 6.22. The molecule has 0 bridgehead atoms. The Bertz CT molecular complexity index is 323. The van der Waals surface area contributed by atoms with Gasteiger partial charge in [0, 0.05) is 6.54 Å². The van der Waals surface area contributed by atoms with Gasteiger partial charge >= 0.3 is 0 Å². The van der Waals surface area contributed by atoms with Crippen LogP contribution in [0.3, 0.4) is 0 Å². The van der Waals surface area contributed by atoms with Gasteiger partial charge in [-0.1, -0.05) is 18.7 Å². The van der Waals surface area contributed by atoms with Crippen molar-refractivity contribution in [1.82, 2.24) is 5.32 Å². The zero-order chi connectivity index (χ0) is 11.1. The number of benzene rings is 1. The van der Waals surface area contributed by atoms with Crippen LogP contribution in [0.5, 0.6) is 5.75 Å². The first-order valence-electron chi connectivity index (χ1n) is 4.90. The largest absolute Gasteiger partial charge is 0.489 e. The van der Waals surface area contributed by atoms with Crippen molar-refractivity contribution in [3.8, 4) is 5.75 Å². The quantitative estimate of drug-likeness (QED) is 0.691. The third kappa shape index (κ3) is 4.14. The van der Waals surface area contributed by atoms with E-state index in [0.29, 0.717) is 6.61 Å². The Morgan fingerprint density at radius 3 is 3.00 bits per heavy atom. The summed E-state index contributed by atoms with van der Waals surface area (Å²) >= 11 is 0. The molecule has 0 amide bonds.